The van der Waals surface area contributed by atoms with E-state index in [9.17, 15) is 22.8 Å². The number of hydrogen-bond donors (Lipinski definition) is 1. The number of fused-ring (bicyclic) bond motifs is 1. The molecular weight excluding hydrogens is 425 g/mol. The maximum Gasteiger partial charge on any atom is 0.418 e. The Morgan fingerprint density at radius 1 is 1.12 bits per heavy atom. The summed E-state index contributed by atoms with van der Waals surface area (Å²) in [5, 5.41) is 0. The van der Waals surface area contributed by atoms with Gasteiger partial charge in [0.2, 0.25) is 5.91 Å². The minimum atomic E-state index is -4.49. The van der Waals surface area contributed by atoms with Gasteiger partial charge in [-0.3, -0.25) is 14.6 Å². The van der Waals surface area contributed by atoms with E-state index >= 15 is 0 Å². The number of hydrogen-bond acceptors (Lipinski definition) is 5. The maximum atomic E-state index is 12.9. The molecule has 166 valence electrons. The third-order valence-corrected chi connectivity index (χ3v) is 4.51. The minimum Gasteiger partial charge on any atom is -0.492 e. The first-order valence-corrected chi connectivity index (χ1v) is 9.53. The van der Waals surface area contributed by atoms with Crippen LogP contribution in [-0.2, 0) is 12.8 Å². The molecule has 1 amide bonds. The molecule has 32 heavy (non-hydrogen) atoms. The Labute approximate surface area is 181 Å². The van der Waals surface area contributed by atoms with E-state index in [2.05, 4.69) is 4.98 Å². The lowest BCUT2D eigenvalue weighted by atomic mass is 10.1. The van der Waals surface area contributed by atoms with Crippen LogP contribution in [-0.4, -0.2) is 23.3 Å². The van der Waals surface area contributed by atoms with E-state index in [0.717, 1.165) is 6.20 Å². The summed E-state index contributed by atoms with van der Waals surface area (Å²) in [4.78, 5) is 25.6. The smallest absolute Gasteiger partial charge is 0.418 e. The Morgan fingerprint density at radius 3 is 2.53 bits per heavy atom. The highest BCUT2D eigenvalue weighted by atomic mass is 19.4. The summed E-state index contributed by atoms with van der Waals surface area (Å²) in [5.74, 6) is 0.329. The minimum absolute atomic E-state index is 0.0118. The van der Waals surface area contributed by atoms with Crippen LogP contribution in [0.5, 0.6) is 11.5 Å². The molecule has 1 aliphatic heterocycles. The van der Waals surface area contributed by atoms with E-state index in [1.54, 1.807) is 36.4 Å². The number of alkyl halides is 3. The van der Waals surface area contributed by atoms with E-state index in [-0.39, 0.29) is 30.5 Å². The number of nitrogens with two attached hydrogens (primary N) is 1. The summed E-state index contributed by atoms with van der Waals surface area (Å²) in [5.41, 5.74) is 5.15. The summed E-state index contributed by atoms with van der Waals surface area (Å²) < 4.78 is 49.5. The van der Waals surface area contributed by atoms with Crippen LogP contribution in [0.2, 0.25) is 0 Å². The van der Waals surface area contributed by atoms with Gasteiger partial charge in [-0.15, -0.1) is 0 Å². The van der Waals surface area contributed by atoms with Crippen LogP contribution in [0.1, 0.15) is 38.3 Å². The van der Waals surface area contributed by atoms with Crippen LogP contribution in [0, 0.1) is 0 Å². The lowest BCUT2D eigenvalue weighted by Gasteiger charge is -2.17. The number of Topliss-reactive ketones (excluding diaryl/α,β-unsaturated/α-hetero) is 1. The quantitative estimate of drug-likeness (QED) is 0.643. The van der Waals surface area contributed by atoms with Crippen molar-refractivity contribution in [3.05, 3.63) is 89.2 Å². The number of ether oxygens (including phenoxy) is 2. The first-order chi connectivity index (χ1) is 15.3. The Kier molecular flexibility index (Phi) is 7.09. The fourth-order valence-corrected chi connectivity index (χ4v) is 2.90. The van der Waals surface area contributed by atoms with E-state index in [1.807, 2.05) is 6.07 Å². The predicted molar refractivity (Wildman–Crippen MR) is 109 cm³/mol. The second kappa shape index (κ2) is 9.95. The molecule has 3 aromatic rings. The summed E-state index contributed by atoms with van der Waals surface area (Å²) in [6, 6.07) is 14.6. The number of nitrogens with zero attached hydrogens (tertiary/aromatic N) is 1. The van der Waals surface area contributed by atoms with Gasteiger partial charge in [0, 0.05) is 36.0 Å². The Hall–Kier alpha value is -3.88. The van der Waals surface area contributed by atoms with Crippen molar-refractivity contribution in [3.8, 4) is 11.5 Å². The highest BCUT2D eigenvalue weighted by molar-refractivity contribution is 5.99. The molecule has 0 saturated heterocycles. The monoisotopic (exact) mass is 444 g/mol. The van der Waals surface area contributed by atoms with Gasteiger partial charge in [0.15, 0.2) is 5.78 Å². The van der Waals surface area contributed by atoms with Crippen LogP contribution in [0.25, 0.3) is 0 Å². The SMILES string of the molecule is NC(=O)c1ccccc1.O=C1CCOc2cc(OCc3ccncc3C(F)(F)F)ccc21. The number of rotatable bonds is 4. The molecular formula is C23H19F3N2O4. The number of carbonyl (C=O) groups is 2. The second-order valence-electron chi connectivity index (χ2n) is 6.73. The molecule has 2 aromatic carbocycles. The average molecular weight is 444 g/mol. The molecule has 0 unspecified atom stereocenters. The number of halogens is 3. The summed E-state index contributed by atoms with van der Waals surface area (Å²) in [6.45, 7) is 0.0297. The normalized spacial score (nSPS) is 12.7. The number of aromatic nitrogens is 1. The molecule has 0 bridgehead atoms. The third-order valence-electron chi connectivity index (χ3n) is 4.51. The number of carbonyl (C=O) groups excluding carboxylic acids is 2. The number of ketones is 1. The van der Waals surface area contributed by atoms with Crippen LogP contribution in [0.4, 0.5) is 13.2 Å². The third kappa shape index (κ3) is 5.84. The lowest BCUT2D eigenvalue weighted by Crippen LogP contribution is -2.15. The number of amides is 1. The van der Waals surface area contributed by atoms with Crippen LogP contribution >= 0.6 is 0 Å². The molecule has 2 heterocycles. The van der Waals surface area contributed by atoms with Crippen molar-refractivity contribution >= 4 is 11.7 Å². The Bertz CT molecular complexity index is 1100. The van der Waals surface area contributed by atoms with E-state index in [1.165, 1.54) is 18.3 Å². The van der Waals surface area contributed by atoms with Gasteiger partial charge < -0.3 is 15.2 Å². The molecule has 9 heteroatoms. The highest BCUT2D eigenvalue weighted by Crippen LogP contribution is 2.33. The van der Waals surface area contributed by atoms with Crippen molar-refractivity contribution in [2.45, 2.75) is 19.2 Å². The number of pyridine rings is 1. The van der Waals surface area contributed by atoms with Gasteiger partial charge in [-0.1, -0.05) is 18.2 Å². The first-order valence-electron chi connectivity index (χ1n) is 9.53. The Balaban J connectivity index is 0.000000269. The lowest BCUT2D eigenvalue weighted by molar-refractivity contribution is -0.138. The van der Waals surface area contributed by atoms with Gasteiger partial charge in [-0.2, -0.15) is 13.2 Å². The van der Waals surface area contributed by atoms with Crippen molar-refractivity contribution in [1.82, 2.24) is 4.98 Å². The van der Waals surface area contributed by atoms with E-state index in [0.29, 0.717) is 29.0 Å². The summed E-state index contributed by atoms with van der Waals surface area (Å²) in [7, 11) is 0. The van der Waals surface area contributed by atoms with Crippen LogP contribution in [0.15, 0.2) is 67.0 Å². The zero-order chi connectivity index (χ0) is 23.1. The standard InChI is InChI=1S/C16H12F3NO3.C7H7NO/c17-16(18,19)13-8-20-5-3-10(13)9-23-11-1-2-12-14(21)4-6-22-15(12)7-11;8-7(9)6-4-2-1-3-5-6/h1-3,5,7-8H,4,6,9H2;1-5H,(H2,8,9). The molecule has 0 spiro atoms. The van der Waals surface area contributed by atoms with Crippen molar-refractivity contribution in [2.75, 3.05) is 6.61 Å². The first kappa shape index (κ1) is 22.8. The van der Waals surface area contributed by atoms with Gasteiger partial charge >= 0.3 is 6.18 Å². The molecule has 2 N–H and O–H groups in total. The van der Waals surface area contributed by atoms with Gasteiger partial charge in [0.1, 0.15) is 18.1 Å². The molecule has 0 radical (unpaired) electrons. The average Bonchev–Trinajstić information content (AvgIpc) is 2.78. The molecule has 0 atom stereocenters. The van der Waals surface area contributed by atoms with Gasteiger partial charge in [-0.05, 0) is 30.3 Å². The van der Waals surface area contributed by atoms with Crippen molar-refractivity contribution in [1.29, 1.82) is 0 Å². The maximum absolute atomic E-state index is 12.9. The molecule has 0 fully saturated rings. The van der Waals surface area contributed by atoms with Gasteiger partial charge in [0.05, 0.1) is 17.7 Å². The Morgan fingerprint density at radius 2 is 1.88 bits per heavy atom. The van der Waals surface area contributed by atoms with Crippen molar-refractivity contribution < 1.29 is 32.2 Å². The largest absolute Gasteiger partial charge is 0.492 e. The predicted octanol–water partition coefficient (Wildman–Crippen LogP) is 4.43. The topological polar surface area (TPSA) is 91.5 Å². The van der Waals surface area contributed by atoms with Crippen LogP contribution < -0.4 is 15.2 Å². The van der Waals surface area contributed by atoms with Crippen molar-refractivity contribution in [2.24, 2.45) is 5.73 Å². The zero-order valence-corrected chi connectivity index (χ0v) is 16.8. The molecule has 4 rings (SSSR count). The van der Waals surface area contributed by atoms with E-state index < -0.39 is 11.7 Å². The van der Waals surface area contributed by atoms with Crippen LogP contribution in [0.3, 0.4) is 0 Å². The second-order valence-corrected chi connectivity index (χ2v) is 6.73. The zero-order valence-electron chi connectivity index (χ0n) is 16.8. The molecule has 1 aliphatic rings. The number of benzene rings is 2. The summed E-state index contributed by atoms with van der Waals surface area (Å²) in [6.07, 6.45) is -2.12. The number of primary amides is 1. The van der Waals surface area contributed by atoms with Gasteiger partial charge in [0.25, 0.3) is 0 Å². The van der Waals surface area contributed by atoms with E-state index in [4.69, 9.17) is 15.2 Å². The summed E-state index contributed by atoms with van der Waals surface area (Å²) >= 11 is 0. The molecule has 0 aliphatic carbocycles. The molecule has 0 saturated carbocycles. The van der Waals surface area contributed by atoms with Crippen molar-refractivity contribution in [3.63, 3.8) is 0 Å². The fraction of sp³-hybridized carbons (Fsp3) is 0.174. The molecule has 1 aromatic heterocycles. The van der Waals surface area contributed by atoms with Gasteiger partial charge in [-0.25, -0.2) is 0 Å². The highest BCUT2D eigenvalue weighted by Gasteiger charge is 2.33. The fourth-order valence-electron chi connectivity index (χ4n) is 2.90. The molecule has 6 nitrogen and oxygen atoms in total.